The second kappa shape index (κ2) is 9.76. The molecule has 6 nitrogen and oxygen atoms in total. The predicted octanol–water partition coefficient (Wildman–Crippen LogP) is 2.54. The van der Waals surface area contributed by atoms with Crippen LogP contribution in [-0.4, -0.2) is 30.4 Å². The van der Waals surface area contributed by atoms with Gasteiger partial charge in [-0.2, -0.15) is 0 Å². The van der Waals surface area contributed by atoms with E-state index in [9.17, 15) is 18.8 Å². The highest BCUT2D eigenvalue weighted by molar-refractivity contribution is 5.93. The van der Waals surface area contributed by atoms with E-state index in [0.717, 1.165) is 25.7 Å². The number of rotatable bonds is 7. The van der Waals surface area contributed by atoms with Crippen LogP contribution in [0, 0.1) is 5.82 Å². The largest absolute Gasteiger partial charge is 0.456 e. The van der Waals surface area contributed by atoms with Crippen LogP contribution in [0.2, 0.25) is 0 Å². The first-order valence-corrected chi connectivity index (χ1v) is 8.53. The number of esters is 1. The Hall–Kier alpha value is -2.44. The molecule has 0 aliphatic heterocycles. The van der Waals surface area contributed by atoms with E-state index in [1.807, 2.05) is 0 Å². The predicted molar refractivity (Wildman–Crippen MR) is 90.2 cm³/mol. The van der Waals surface area contributed by atoms with Crippen LogP contribution in [0.25, 0.3) is 0 Å². The van der Waals surface area contributed by atoms with Gasteiger partial charge >= 0.3 is 5.97 Å². The van der Waals surface area contributed by atoms with Crippen molar-refractivity contribution in [2.45, 2.75) is 51.0 Å². The van der Waals surface area contributed by atoms with Gasteiger partial charge in [0, 0.05) is 18.2 Å². The number of hydrogen-bond acceptors (Lipinski definition) is 4. The number of halogens is 1. The molecule has 2 rings (SSSR count). The monoisotopic (exact) mass is 350 g/mol. The summed E-state index contributed by atoms with van der Waals surface area (Å²) in [6, 6.07) is 5.45. The molecule has 136 valence electrons. The number of nitrogens with one attached hydrogen (secondary N) is 2. The van der Waals surface area contributed by atoms with Crippen molar-refractivity contribution in [2.24, 2.45) is 0 Å². The molecule has 1 saturated carbocycles. The first kappa shape index (κ1) is 18.9. The first-order chi connectivity index (χ1) is 12.0. The summed E-state index contributed by atoms with van der Waals surface area (Å²) in [7, 11) is 0. The van der Waals surface area contributed by atoms with E-state index in [1.165, 1.54) is 30.7 Å². The average molecular weight is 350 g/mol. The maximum absolute atomic E-state index is 12.8. The number of anilines is 1. The number of ether oxygens (including phenoxy) is 1. The third kappa shape index (κ3) is 7.32. The summed E-state index contributed by atoms with van der Waals surface area (Å²) in [5.74, 6) is -1.70. The molecule has 7 heteroatoms. The highest BCUT2D eigenvalue weighted by atomic mass is 19.1. The number of carbonyl (C=O) groups excluding carboxylic acids is 3. The number of benzene rings is 1. The Morgan fingerprint density at radius 1 is 1.00 bits per heavy atom. The third-order valence-electron chi connectivity index (χ3n) is 4.02. The molecule has 0 bridgehead atoms. The Morgan fingerprint density at radius 2 is 1.68 bits per heavy atom. The van der Waals surface area contributed by atoms with Gasteiger partial charge in [0.05, 0.1) is 6.42 Å². The molecule has 1 aliphatic carbocycles. The number of carbonyl (C=O) groups is 3. The fraction of sp³-hybridized carbons (Fsp3) is 0.500. The lowest BCUT2D eigenvalue weighted by Gasteiger charge is -2.22. The van der Waals surface area contributed by atoms with Crippen LogP contribution >= 0.6 is 0 Å². The zero-order valence-electron chi connectivity index (χ0n) is 14.1. The fourth-order valence-electron chi connectivity index (χ4n) is 2.71. The van der Waals surface area contributed by atoms with Gasteiger partial charge in [0.1, 0.15) is 5.82 Å². The van der Waals surface area contributed by atoms with E-state index >= 15 is 0 Å². The zero-order valence-corrected chi connectivity index (χ0v) is 14.1. The summed E-state index contributed by atoms with van der Waals surface area (Å²) >= 11 is 0. The molecule has 1 aromatic rings. The molecule has 0 aromatic heterocycles. The van der Waals surface area contributed by atoms with E-state index in [-0.39, 0.29) is 24.8 Å². The molecule has 25 heavy (non-hydrogen) atoms. The molecule has 0 saturated heterocycles. The van der Waals surface area contributed by atoms with Crippen molar-refractivity contribution in [3.8, 4) is 0 Å². The second-order valence-electron chi connectivity index (χ2n) is 6.12. The molecule has 0 radical (unpaired) electrons. The van der Waals surface area contributed by atoms with E-state index in [4.69, 9.17) is 4.74 Å². The molecule has 0 spiro atoms. The molecular formula is C18H23FN2O4. The normalized spacial score (nSPS) is 14.6. The standard InChI is InChI=1S/C18H23FN2O4/c19-13-6-8-15(9-7-13)21-17(23)12-25-18(24)11-10-16(22)20-14-4-2-1-3-5-14/h6-9,14H,1-5,10-12H2,(H,20,22)(H,21,23). The van der Waals surface area contributed by atoms with E-state index in [0.29, 0.717) is 5.69 Å². The Labute approximate surface area is 146 Å². The summed E-state index contributed by atoms with van der Waals surface area (Å²) < 4.78 is 17.6. The van der Waals surface area contributed by atoms with Gasteiger partial charge in [-0.05, 0) is 37.1 Å². The Balaban J connectivity index is 1.60. The van der Waals surface area contributed by atoms with Gasteiger partial charge in [-0.1, -0.05) is 19.3 Å². The molecule has 2 amide bonds. The van der Waals surface area contributed by atoms with Crippen LogP contribution in [0.15, 0.2) is 24.3 Å². The molecule has 2 N–H and O–H groups in total. The maximum atomic E-state index is 12.8. The van der Waals surface area contributed by atoms with Crippen LogP contribution in [0.4, 0.5) is 10.1 Å². The summed E-state index contributed by atoms with van der Waals surface area (Å²) in [6.45, 7) is -0.444. The molecular weight excluding hydrogens is 327 g/mol. The minimum Gasteiger partial charge on any atom is -0.456 e. The summed E-state index contributed by atoms with van der Waals surface area (Å²) in [5, 5.41) is 5.40. The quantitative estimate of drug-likeness (QED) is 0.740. The van der Waals surface area contributed by atoms with Crippen molar-refractivity contribution in [2.75, 3.05) is 11.9 Å². The van der Waals surface area contributed by atoms with Gasteiger partial charge in [-0.3, -0.25) is 14.4 Å². The van der Waals surface area contributed by atoms with Gasteiger partial charge in [-0.25, -0.2) is 4.39 Å². The molecule has 1 fully saturated rings. The van der Waals surface area contributed by atoms with Crippen molar-refractivity contribution < 1.29 is 23.5 Å². The SMILES string of the molecule is O=C(COC(=O)CCC(=O)NC1CCCCC1)Nc1ccc(F)cc1. The summed E-state index contributed by atoms with van der Waals surface area (Å²) in [4.78, 5) is 35.0. The smallest absolute Gasteiger partial charge is 0.306 e. The van der Waals surface area contributed by atoms with Crippen molar-refractivity contribution in [3.63, 3.8) is 0 Å². The second-order valence-corrected chi connectivity index (χ2v) is 6.12. The lowest BCUT2D eigenvalue weighted by molar-refractivity contribution is -0.148. The Kier molecular flexibility index (Phi) is 7.37. The number of hydrogen-bond donors (Lipinski definition) is 2. The van der Waals surface area contributed by atoms with E-state index in [1.54, 1.807) is 0 Å². The molecule has 0 heterocycles. The molecule has 1 aromatic carbocycles. The third-order valence-corrected chi connectivity index (χ3v) is 4.02. The summed E-state index contributed by atoms with van der Waals surface area (Å²) in [6.07, 6.45) is 5.40. The van der Waals surface area contributed by atoms with E-state index < -0.39 is 24.3 Å². The maximum Gasteiger partial charge on any atom is 0.306 e. The first-order valence-electron chi connectivity index (χ1n) is 8.53. The average Bonchev–Trinajstić information content (AvgIpc) is 2.61. The van der Waals surface area contributed by atoms with Gasteiger partial charge in [0.15, 0.2) is 6.61 Å². The van der Waals surface area contributed by atoms with Crippen molar-refractivity contribution >= 4 is 23.5 Å². The van der Waals surface area contributed by atoms with Crippen molar-refractivity contribution in [1.82, 2.24) is 5.32 Å². The van der Waals surface area contributed by atoms with Gasteiger partial charge in [0.2, 0.25) is 5.91 Å². The Morgan fingerprint density at radius 3 is 2.36 bits per heavy atom. The van der Waals surface area contributed by atoms with Gasteiger partial charge in [-0.15, -0.1) is 0 Å². The minimum atomic E-state index is -0.604. The van der Waals surface area contributed by atoms with Crippen molar-refractivity contribution in [3.05, 3.63) is 30.1 Å². The van der Waals surface area contributed by atoms with Gasteiger partial charge < -0.3 is 15.4 Å². The molecule has 0 atom stereocenters. The van der Waals surface area contributed by atoms with Crippen LogP contribution in [-0.2, 0) is 19.1 Å². The van der Waals surface area contributed by atoms with Crippen LogP contribution in [0.3, 0.4) is 0 Å². The minimum absolute atomic E-state index is 0.0505. The summed E-state index contributed by atoms with van der Waals surface area (Å²) in [5.41, 5.74) is 0.411. The highest BCUT2D eigenvalue weighted by Gasteiger charge is 2.16. The van der Waals surface area contributed by atoms with Crippen LogP contribution in [0.1, 0.15) is 44.9 Å². The highest BCUT2D eigenvalue weighted by Crippen LogP contribution is 2.17. The topological polar surface area (TPSA) is 84.5 Å². The zero-order chi connectivity index (χ0) is 18.1. The van der Waals surface area contributed by atoms with Crippen LogP contribution < -0.4 is 10.6 Å². The lowest BCUT2D eigenvalue weighted by Crippen LogP contribution is -2.36. The molecule has 0 unspecified atom stereocenters. The lowest BCUT2D eigenvalue weighted by atomic mass is 9.95. The van der Waals surface area contributed by atoms with E-state index in [2.05, 4.69) is 10.6 Å². The van der Waals surface area contributed by atoms with Crippen LogP contribution in [0.5, 0.6) is 0 Å². The Bertz CT molecular complexity index is 598. The number of amides is 2. The van der Waals surface area contributed by atoms with Crippen molar-refractivity contribution in [1.29, 1.82) is 0 Å². The molecule has 1 aliphatic rings. The fourth-order valence-corrected chi connectivity index (χ4v) is 2.71. The van der Waals surface area contributed by atoms with Gasteiger partial charge in [0.25, 0.3) is 5.91 Å².